The average Bonchev–Trinajstić information content (AvgIpc) is 3.18. The Balaban J connectivity index is 1.66. The molecule has 5 heteroatoms. The molecule has 0 spiro atoms. The Labute approximate surface area is 165 Å². The monoisotopic (exact) mass is 380 g/mol. The predicted octanol–water partition coefficient (Wildman–Crippen LogP) is 5.68. The fourth-order valence-electron chi connectivity index (χ4n) is 2.84. The fraction of sp³-hybridized carbons (Fsp3) is 0.318. The first-order valence-corrected chi connectivity index (χ1v) is 10.3. The van der Waals surface area contributed by atoms with E-state index in [1.54, 1.807) is 11.8 Å². The van der Waals surface area contributed by atoms with Crippen LogP contribution in [0.2, 0.25) is 0 Å². The number of rotatable bonds is 10. The number of nitrogens with zero attached hydrogens (tertiary/aromatic N) is 2. The lowest BCUT2D eigenvalue weighted by atomic mass is 10.1. The number of thioether (sulfide) groups is 1. The van der Waals surface area contributed by atoms with Crippen molar-refractivity contribution in [2.24, 2.45) is 0 Å². The third-order valence-corrected chi connectivity index (χ3v) is 5.41. The molecule has 0 aliphatic carbocycles. The molecule has 4 nitrogen and oxygen atoms in total. The molecule has 3 aromatic rings. The van der Waals surface area contributed by atoms with Crippen LogP contribution in [0.3, 0.4) is 0 Å². The molecule has 1 N–H and O–H groups in total. The standard InChI is InChI=1S/C22H26N3OS/c1-3-8-20(18-9-6-5-7-10-18)27-22-25-24-21(26-22)19-13-11-17(12-14-19)16-23-15-4-2/h5-7,9-14,20,23H,2-4,8,15-16H2,1H3. The molecule has 1 heterocycles. The Morgan fingerprint density at radius 2 is 1.85 bits per heavy atom. The molecule has 141 valence electrons. The predicted molar refractivity (Wildman–Crippen MR) is 111 cm³/mol. The minimum atomic E-state index is 0.325. The van der Waals surface area contributed by atoms with E-state index < -0.39 is 0 Å². The lowest BCUT2D eigenvalue weighted by Crippen LogP contribution is -2.13. The summed E-state index contributed by atoms with van der Waals surface area (Å²) in [6.45, 7) is 7.80. The van der Waals surface area contributed by atoms with Crippen LogP contribution in [-0.2, 0) is 6.54 Å². The summed E-state index contributed by atoms with van der Waals surface area (Å²) in [5.74, 6) is 0.568. The quantitative estimate of drug-likeness (QED) is 0.362. The van der Waals surface area contributed by atoms with Crippen molar-refractivity contribution in [2.45, 2.75) is 43.2 Å². The van der Waals surface area contributed by atoms with Gasteiger partial charge in [-0.1, -0.05) is 74.5 Å². The molecule has 0 saturated heterocycles. The van der Waals surface area contributed by atoms with Gasteiger partial charge in [-0.25, -0.2) is 0 Å². The highest BCUT2D eigenvalue weighted by Crippen LogP contribution is 2.38. The van der Waals surface area contributed by atoms with Crippen LogP contribution in [0.5, 0.6) is 0 Å². The molecule has 0 bridgehead atoms. The third-order valence-electron chi connectivity index (χ3n) is 4.26. The number of nitrogens with one attached hydrogen (secondary N) is 1. The van der Waals surface area contributed by atoms with E-state index in [0.29, 0.717) is 16.4 Å². The molecular formula is C22H26N3OS. The second-order valence-corrected chi connectivity index (χ2v) is 7.56. The van der Waals surface area contributed by atoms with Crippen LogP contribution in [0, 0.1) is 6.92 Å². The van der Waals surface area contributed by atoms with Crippen LogP contribution in [0.25, 0.3) is 11.5 Å². The lowest BCUT2D eigenvalue weighted by Gasteiger charge is -2.13. The van der Waals surface area contributed by atoms with Gasteiger partial charge in [0.2, 0.25) is 5.89 Å². The van der Waals surface area contributed by atoms with Crippen molar-refractivity contribution in [3.63, 3.8) is 0 Å². The van der Waals surface area contributed by atoms with Crippen LogP contribution in [0.1, 0.15) is 42.6 Å². The molecular weight excluding hydrogens is 354 g/mol. The molecule has 1 atom stereocenters. The molecule has 27 heavy (non-hydrogen) atoms. The van der Waals surface area contributed by atoms with Gasteiger partial charge in [-0.05, 0) is 42.6 Å². The number of hydrogen-bond donors (Lipinski definition) is 1. The Morgan fingerprint density at radius 1 is 1.07 bits per heavy atom. The van der Waals surface area contributed by atoms with E-state index in [4.69, 9.17) is 4.42 Å². The maximum atomic E-state index is 5.92. The number of aromatic nitrogens is 2. The number of hydrogen-bond acceptors (Lipinski definition) is 5. The van der Waals surface area contributed by atoms with Gasteiger partial charge < -0.3 is 9.73 Å². The highest BCUT2D eigenvalue weighted by molar-refractivity contribution is 7.99. The molecule has 0 amide bonds. The molecule has 0 saturated carbocycles. The molecule has 3 rings (SSSR count). The van der Waals surface area contributed by atoms with Crippen molar-refractivity contribution in [1.29, 1.82) is 0 Å². The molecule has 0 fully saturated rings. The summed E-state index contributed by atoms with van der Waals surface area (Å²) in [7, 11) is 0. The molecule has 1 unspecified atom stereocenters. The van der Waals surface area contributed by atoms with Gasteiger partial charge in [0.05, 0.1) is 0 Å². The maximum Gasteiger partial charge on any atom is 0.277 e. The van der Waals surface area contributed by atoms with Gasteiger partial charge in [0.1, 0.15) is 0 Å². The van der Waals surface area contributed by atoms with Gasteiger partial charge in [0.15, 0.2) is 0 Å². The molecule has 0 aliphatic heterocycles. The van der Waals surface area contributed by atoms with Gasteiger partial charge in [-0.2, -0.15) is 0 Å². The first-order valence-electron chi connectivity index (χ1n) is 9.44. The highest BCUT2D eigenvalue weighted by Gasteiger charge is 2.17. The second-order valence-electron chi connectivity index (χ2n) is 6.41. The first-order chi connectivity index (χ1) is 13.3. The summed E-state index contributed by atoms with van der Waals surface area (Å²) < 4.78 is 5.92. The van der Waals surface area contributed by atoms with Crippen molar-refractivity contribution < 1.29 is 4.42 Å². The van der Waals surface area contributed by atoms with Crippen molar-refractivity contribution in [1.82, 2.24) is 15.5 Å². The Morgan fingerprint density at radius 3 is 2.56 bits per heavy atom. The SMILES string of the molecule is [CH2]CCNCc1ccc(-c2nnc(SC(CCC)c3ccccc3)o2)cc1. The van der Waals surface area contributed by atoms with Crippen LogP contribution >= 0.6 is 11.8 Å². The van der Waals surface area contributed by atoms with E-state index >= 15 is 0 Å². The molecule has 0 aliphatic rings. The summed E-state index contributed by atoms with van der Waals surface area (Å²) in [6.07, 6.45) is 3.07. The van der Waals surface area contributed by atoms with Crippen LogP contribution in [0.4, 0.5) is 0 Å². The largest absolute Gasteiger partial charge is 0.411 e. The fourth-order valence-corrected chi connectivity index (χ4v) is 3.95. The van der Waals surface area contributed by atoms with Gasteiger partial charge in [-0.15, -0.1) is 10.2 Å². The molecule has 1 aromatic heterocycles. The maximum absolute atomic E-state index is 5.92. The zero-order chi connectivity index (χ0) is 18.9. The zero-order valence-corrected chi connectivity index (χ0v) is 16.5. The van der Waals surface area contributed by atoms with Gasteiger partial charge in [0, 0.05) is 17.4 Å². The van der Waals surface area contributed by atoms with E-state index in [-0.39, 0.29) is 0 Å². The van der Waals surface area contributed by atoms with E-state index in [0.717, 1.165) is 37.9 Å². The van der Waals surface area contributed by atoms with Crippen LogP contribution < -0.4 is 5.32 Å². The van der Waals surface area contributed by atoms with Gasteiger partial charge in [0.25, 0.3) is 5.22 Å². The summed E-state index contributed by atoms with van der Waals surface area (Å²) >= 11 is 1.64. The van der Waals surface area contributed by atoms with Crippen molar-refractivity contribution in [3.05, 3.63) is 72.6 Å². The summed E-state index contributed by atoms with van der Waals surface area (Å²) in [5.41, 5.74) is 3.47. The summed E-state index contributed by atoms with van der Waals surface area (Å²) in [4.78, 5) is 0. The first kappa shape index (κ1) is 19.6. The number of benzene rings is 2. The Kier molecular flexibility index (Phi) is 7.48. The summed E-state index contributed by atoms with van der Waals surface area (Å²) in [5, 5.41) is 12.8. The van der Waals surface area contributed by atoms with Crippen LogP contribution in [-0.4, -0.2) is 16.7 Å². The molecule has 1 radical (unpaired) electrons. The topological polar surface area (TPSA) is 51.0 Å². The minimum Gasteiger partial charge on any atom is -0.411 e. The summed E-state index contributed by atoms with van der Waals surface area (Å²) in [6, 6.07) is 18.8. The minimum absolute atomic E-state index is 0.325. The van der Waals surface area contributed by atoms with Crippen molar-refractivity contribution in [2.75, 3.05) is 6.54 Å². The van der Waals surface area contributed by atoms with E-state index in [9.17, 15) is 0 Å². The van der Waals surface area contributed by atoms with Crippen LogP contribution in [0.15, 0.2) is 64.2 Å². The molecule has 2 aromatic carbocycles. The Bertz CT molecular complexity index is 802. The van der Waals surface area contributed by atoms with E-state index in [1.165, 1.54) is 11.1 Å². The third kappa shape index (κ3) is 5.68. The van der Waals surface area contributed by atoms with Crippen molar-refractivity contribution in [3.8, 4) is 11.5 Å². The van der Waals surface area contributed by atoms with Gasteiger partial charge >= 0.3 is 0 Å². The van der Waals surface area contributed by atoms with Gasteiger partial charge in [-0.3, -0.25) is 0 Å². The lowest BCUT2D eigenvalue weighted by molar-refractivity contribution is 0.464. The Hall–Kier alpha value is -2.11. The van der Waals surface area contributed by atoms with E-state index in [1.807, 2.05) is 18.2 Å². The zero-order valence-electron chi connectivity index (χ0n) is 15.7. The van der Waals surface area contributed by atoms with E-state index in [2.05, 4.69) is 65.8 Å². The smallest absolute Gasteiger partial charge is 0.277 e. The second kappa shape index (κ2) is 10.3. The highest BCUT2D eigenvalue weighted by atomic mass is 32.2. The average molecular weight is 381 g/mol. The normalized spacial score (nSPS) is 12.2. The van der Waals surface area contributed by atoms with Crippen molar-refractivity contribution >= 4 is 11.8 Å².